The van der Waals surface area contributed by atoms with E-state index in [0.29, 0.717) is 23.9 Å². The van der Waals surface area contributed by atoms with Crippen LogP contribution in [0.5, 0.6) is 0 Å². The first kappa shape index (κ1) is 15.0. The second kappa shape index (κ2) is 6.07. The summed E-state index contributed by atoms with van der Waals surface area (Å²) in [6.45, 7) is 12.4. The fourth-order valence-corrected chi connectivity index (χ4v) is 3.92. The van der Waals surface area contributed by atoms with Crippen molar-refractivity contribution in [2.45, 2.75) is 46.3 Å². The van der Waals surface area contributed by atoms with Crippen molar-refractivity contribution in [1.82, 2.24) is 19.6 Å². The van der Waals surface area contributed by atoms with Crippen LogP contribution in [0, 0.1) is 11.8 Å². The molecule has 1 aliphatic rings. The molecular formula is C16H26N4S. The molecule has 0 radical (unpaired) electrons. The number of rotatable bonds is 4. The van der Waals surface area contributed by atoms with E-state index in [4.69, 9.17) is 4.98 Å². The van der Waals surface area contributed by atoms with Gasteiger partial charge in [-0.15, -0.1) is 11.3 Å². The molecule has 0 aromatic carbocycles. The average molecular weight is 306 g/mol. The minimum absolute atomic E-state index is 0.587. The monoisotopic (exact) mass is 306 g/mol. The number of fused-ring (bicyclic) bond motifs is 1. The number of piperazine rings is 1. The van der Waals surface area contributed by atoms with Gasteiger partial charge in [-0.3, -0.25) is 9.30 Å². The molecule has 21 heavy (non-hydrogen) atoms. The summed E-state index contributed by atoms with van der Waals surface area (Å²) in [5.41, 5.74) is 1.19. The van der Waals surface area contributed by atoms with E-state index in [1.54, 1.807) is 11.3 Å². The normalized spacial score (nSPS) is 24.5. The Morgan fingerprint density at radius 2 is 2.14 bits per heavy atom. The fraction of sp³-hybridized carbons (Fsp3) is 0.688. The van der Waals surface area contributed by atoms with Gasteiger partial charge >= 0.3 is 0 Å². The molecule has 1 fully saturated rings. The Morgan fingerprint density at radius 3 is 2.81 bits per heavy atom. The van der Waals surface area contributed by atoms with E-state index in [0.717, 1.165) is 24.6 Å². The predicted molar refractivity (Wildman–Crippen MR) is 88.7 cm³/mol. The number of nitrogens with one attached hydrogen (secondary N) is 1. The second-order valence-electron chi connectivity index (χ2n) is 6.82. The number of aromatic nitrogens is 2. The molecule has 0 bridgehead atoms. The first-order chi connectivity index (χ1) is 10.0. The van der Waals surface area contributed by atoms with Crippen molar-refractivity contribution in [2.75, 3.05) is 13.1 Å². The van der Waals surface area contributed by atoms with Crippen LogP contribution in [0.3, 0.4) is 0 Å². The topological polar surface area (TPSA) is 32.6 Å². The van der Waals surface area contributed by atoms with Crippen molar-refractivity contribution in [3.63, 3.8) is 0 Å². The van der Waals surface area contributed by atoms with Crippen LogP contribution in [0.1, 0.15) is 33.4 Å². The Kier molecular flexibility index (Phi) is 4.33. The second-order valence-corrected chi connectivity index (χ2v) is 7.70. The van der Waals surface area contributed by atoms with Crippen LogP contribution in [0.4, 0.5) is 0 Å². The molecule has 0 amide bonds. The quantitative estimate of drug-likeness (QED) is 0.943. The summed E-state index contributed by atoms with van der Waals surface area (Å²) in [4.78, 5) is 8.47. The van der Waals surface area contributed by atoms with Crippen molar-refractivity contribution in [3.8, 4) is 0 Å². The van der Waals surface area contributed by atoms with E-state index < -0.39 is 0 Å². The highest BCUT2D eigenvalue weighted by molar-refractivity contribution is 7.15. The lowest BCUT2D eigenvalue weighted by Crippen LogP contribution is -2.59. The van der Waals surface area contributed by atoms with Gasteiger partial charge in [-0.2, -0.15) is 0 Å². The van der Waals surface area contributed by atoms with Crippen LogP contribution in [0.25, 0.3) is 4.96 Å². The van der Waals surface area contributed by atoms with E-state index >= 15 is 0 Å². The molecule has 4 nitrogen and oxygen atoms in total. The number of thiazole rings is 1. The Balaban J connectivity index is 1.76. The van der Waals surface area contributed by atoms with Crippen LogP contribution < -0.4 is 5.32 Å². The third-order valence-corrected chi connectivity index (χ3v) is 5.34. The summed E-state index contributed by atoms with van der Waals surface area (Å²) in [6, 6.07) is 1.18. The van der Waals surface area contributed by atoms with E-state index in [9.17, 15) is 0 Å². The molecule has 1 saturated heterocycles. The van der Waals surface area contributed by atoms with E-state index in [2.05, 4.69) is 60.1 Å². The third kappa shape index (κ3) is 3.15. The highest BCUT2D eigenvalue weighted by Crippen LogP contribution is 2.21. The smallest absolute Gasteiger partial charge is 0.193 e. The van der Waals surface area contributed by atoms with Gasteiger partial charge in [-0.1, -0.05) is 27.7 Å². The zero-order chi connectivity index (χ0) is 15.0. The van der Waals surface area contributed by atoms with Crippen molar-refractivity contribution >= 4 is 16.3 Å². The summed E-state index contributed by atoms with van der Waals surface area (Å²) in [5.74, 6) is 1.33. The zero-order valence-corrected chi connectivity index (χ0v) is 14.2. The van der Waals surface area contributed by atoms with Crippen LogP contribution in [-0.2, 0) is 6.54 Å². The van der Waals surface area contributed by atoms with Crippen LogP contribution in [0.2, 0.25) is 0 Å². The van der Waals surface area contributed by atoms with Crippen LogP contribution in [-0.4, -0.2) is 39.5 Å². The Bertz CT molecular complexity index is 557. The Morgan fingerprint density at radius 1 is 1.33 bits per heavy atom. The summed E-state index contributed by atoms with van der Waals surface area (Å²) >= 11 is 1.70. The molecule has 2 unspecified atom stereocenters. The third-order valence-electron chi connectivity index (χ3n) is 4.57. The SMILES string of the molecule is CC(C)C1CN(Cc2cn3ccsc3n2)C(C(C)C)CN1. The van der Waals surface area contributed by atoms with Crippen molar-refractivity contribution in [3.05, 3.63) is 23.5 Å². The highest BCUT2D eigenvalue weighted by atomic mass is 32.1. The molecule has 3 rings (SSSR count). The Labute approximate surface area is 131 Å². The van der Waals surface area contributed by atoms with Crippen molar-refractivity contribution < 1.29 is 0 Å². The lowest BCUT2D eigenvalue weighted by atomic mass is 9.94. The lowest BCUT2D eigenvalue weighted by molar-refractivity contribution is 0.0774. The first-order valence-electron chi connectivity index (χ1n) is 7.93. The standard InChI is InChI=1S/C16H26N4S/c1-11(2)14-10-20(15(7-17-14)12(3)4)9-13-8-19-5-6-21-16(19)18-13/h5-6,8,11-12,14-15,17H,7,9-10H2,1-4H3. The molecular weight excluding hydrogens is 280 g/mol. The van der Waals surface area contributed by atoms with Gasteiger partial charge < -0.3 is 5.32 Å². The largest absolute Gasteiger partial charge is 0.311 e. The van der Waals surface area contributed by atoms with Gasteiger partial charge in [-0.25, -0.2) is 4.98 Å². The lowest BCUT2D eigenvalue weighted by Gasteiger charge is -2.43. The van der Waals surface area contributed by atoms with Gasteiger partial charge in [0.15, 0.2) is 4.96 Å². The number of hydrogen-bond donors (Lipinski definition) is 1. The van der Waals surface area contributed by atoms with Gasteiger partial charge in [0.1, 0.15) is 0 Å². The molecule has 0 spiro atoms. The maximum absolute atomic E-state index is 4.75. The van der Waals surface area contributed by atoms with Gasteiger partial charge in [0.25, 0.3) is 0 Å². The highest BCUT2D eigenvalue weighted by Gasteiger charge is 2.31. The van der Waals surface area contributed by atoms with Crippen LogP contribution >= 0.6 is 11.3 Å². The number of hydrogen-bond acceptors (Lipinski definition) is 4. The van der Waals surface area contributed by atoms with Gasteiger partial charge in [0.05, 0.1) is 5.69 Å². The summed E-state index contributed by atoms with van der Waals surface area (Å²) in [7, 11) is 0. The molecule has 3 heterocycles. The summed E-state index contributed by atoms with van der Waals surface area (Å²) < 4.78 is 2.13. The van der Waals surface area contributed by atoms with Gasteiger partial charge in [0, 0.05) is 49.5 Å². The molecule has 2 atom stereocenters. The average Bonchev–Trinajstić information content (AvgIpc) is 2.99. The van der Waals surface area contributed by atoms with Gasteiger partial charge in [-0.05, 0) is 11.8 Å². The molecule has 1 aliphatic heterocycles. The predicted octanol–water partition coefficient (Wildman–Crippen LogP) is 2.85. The van der Waals surface area contributed by atoms with E-state index in [1.165, 1.54) is 5.69 Å². The maximum atomic E-state index is 4.75. The van der Waals surface area contributed by atoms with Crippen molar-refractivity contribution in [2.24, 2.45) is 11.8 Å². The minimum Gasteiger partial charge on any atom is -0.311 e. The van der Waals surface area contributed by atoms with Crippen LogP contribution in [0.15, 0.2) is 17.8 Å². The van der Waals surface area contributed by atoms with Gasteiger partial charge in [0.2, 0.25) is 0 Å². The first-order valence-corrected chi connectivity index (χ1v) is 8.81. The molecule has 2 aromatic rings. The zero-order valence-electron chi connectivity index (χ0n) is 13.4. The molecule has 0 saturated carbocycles. The number of imidazole rings is 1. The van der Waals surface area contributed by atoms with E-state index in [-0.39, 0.29) is 0 Å². The maximum Gasteiger partial charge on any atom is 0.193 e. The minimum atomic E-state index is 0.587. The summed E-state index contributed by atoms with van der Waals surface area (Å²) in [5, 5.41) is 5.81. The Hall–Kier alpha value is -0.910. The molecule has 1 N–H and O–H groups in total. The molecule has 116 valence electrons. The molecule has 2 aromatic heterocycles. The number of nitrogens with zero attached hydrogens (tertiary/aromatic N) is 3. The van der Waals surface area contributed by atoms with E-state index in [1.807, 2.05) is 0 Å². The summed E-state index contributed by atoms with van der Waals surface area (Å²) in [6.07, 6.45) is 4.26. The molecule has 0 aliphatic carbocycles. The van der Waals surface area contributed by atoms with Crippen molar-refractivity contribution in [1.29, 1.82) is 0 Å². The fourth-order valence-electron chi connectivity index (χ4n) is 3.20. The molecule has 5 heteroatoms.